The Bertz CT molecular complexity index is 961. The minimum atomic E-state index is -0.549. The summed E-state index contributed by atoms with van der Waals surface area (Å²) < 4.78 is 0. The van der Waals surface area contributed by atoms with Gasteiger partial charge in [0.05, 0.1) is 4.92 Å². The number of hydrogen-bond donors (Lipinski definition) is 2. The van der Waals surface area contributed by atoms with Gasteiger partial charge in [0.15, 0.2) is 0 Å². The molecule has 132 valence electrons. The highest BCUT2D eigenvalue weighted by atomic mass is 35.5. The molecular weight excluding hydrogens is 377 g/mol. The Hall–Kier alpha value is -2.90. The van der Waals surface area contributed by atoms with Crippen molar-refractivity contribution in [2.24, 2.45) is 0 Å². The highest BCUT2D eigenvalue weighted by molar-refractivity contribution is 6.35. The molecular formula is C17H13Cl2N5O2. The third-order valence-corrected chi connectivity index (χ3v) is 3.85. The molecule has 26 heavy (non-hydrogen) atoms. The Labute approximate surface area is 159 Å². The molecule has 0 spiro atoms. The first kappa shape index (κ1) is 17.9. The van der Waals surface area contributed by atoms with E-state index < -0.39 is 4.92 Å². The largest absolute Gasteiger partial charge is 0.353 e. The Balaban J connectivity index is 1.99. The third kappa shape index (κ3) is 4.19. The molecule has 0 radical (unpaired) electrons. The number of benzene rings is 2. The van der Waals surface area contributed by atoms with E-state index in [1.54, 1.807) is 24.3 Å². The lowest BCUT2D eigenvalue weighted by molar-refractivity contribution is -0.383. The first-order valence-corrected chi connectivity index (χ1v) is 8.24. The molecule has 0 fully saturated rings. The van der Waals surface area contributed by atoms with Crippen molar-refractivity contribution < 1.29 is 4.92 Å². The van der Waals surface area contributed by atoms with Crippen LogP contribution in [0.1, 0.15) is 5.56 Å². The van der Waals surface area contributed by atoms with Crippen molar-refractivity contribution in [2.75, 3.05) is 10.6 Å². The molecule has 1 heterocycles. The van der Waals surface area contributed by atoms with Gasteiger partial charge in [-0.1, -0.05) is 35.3 Å². The van der Waals surface area contributed by atoms with Crippen LogP contribution in [0.5, 0.6) is 0 Å². The Kier molecular flexibility index (Phi) is 5.20. The first-order valence-electron chi connectivity index (χ1n) is 7.48. The van der Waals surface area contributed by atoms with Crippen LogP contribution in [-0.4, -0.2) is 14.9 Å². The second kappa shape index (κ2) is 7.55. The number of anilines is 4. The van der Waals surface area contributed by atoms with Crippen LogP contribution in [0.25, 0.3) is 0 Å². The fraction of sp³-hybridized carbons (Fsp3) is 0.0588. The number of nitrogens with zero attached hydrogens (tertiary/aromatic N) is 3. The lowest BCUT2D eigenvalue weighted by atomic mass is 10.2. The topological polar surface area (TPSA) is 93.0 Å². The minimum absolute atomic E-state index is 0.0264. The van der Waals surface area contributed by atoms with Crippen LogP contribution < -0.4 is 10.6 Å². The number of aryl methyl sites for hydroxylation is 1. The summed E-state index contributed by atoms with van der Waals surface area (Å²) in [6.45, 7) is 1.93. The van der Waals surface area contributed by atoms with Gasteiger partial charge in [0.2, 0.25) is 11.6 Å². The number of nitrogens with one attached hydrogen (secondary N) is 2. The third-order valence-electron chi connectivity index (χ3n) is 3.41. The van der Waals surface area contributed by atoms with Crippen LogP contribution in [-0.2, 0) is 0 Å². The molecule has 0 aliphatic heterocycles. The fourth-order valence-corrected chi connectivity index (χ4v) is 2.88. The fourth-order valence-electron chi connectivity index (χ4n) is 2.36. The maximum Gasteiger partial charge on any atom is 0.353 e. The van der Waals surface area contributed by atoms with Gasteiger partial charge in [0.1, 0.15) is 6.33 Å². The average molecular weight is 390 g/mol. The summed E-state index contributed by atoms with van der Waals surface area (Å²) in [4.78, 5) is 19.1. The second-order valence-corrected chi connectivity index (χ2v) is 6.33. The van der Waals surface area contributed by atoms with E-state index >= 15 is 0 Å². The number of aromatic nitrogens is 2. The molecule has 0 bridgehead atoms. The standard InChI is InChI=1S/C17H13Cl2N5O2/c1-10-3-2-4-13(5-10)22-16-15(24(25)26)17(21-9-20-16)23-14-7-11(18)6-12(19)8-14/h2-9H,1H3,(H2,20,21,22,23). The maximum absolute atomic E-state index is 11.6. The number of nitro groups is 1. The Morgan fingerprint density at radius 1 is 0.962 bits per heavy atom. The van der Waals surface area contributed by atoms with E-state index in [4.69, 9.17) is 23.2 Å². The van der Waals surface area contributed by atoms with Crippen molar-refractivity contribution >= 4 is 51.9 Å². The predicted molar refractivity (Wildman–Crippen MR) is 103 cm³/mol. The van der Waals surface area contributed by atoms with E-state index in [2.05, 4.69) is 20.6 Å². The molecule has 9 heteroatoms. The zero-order valence-electron chi connectivity index (χ0n) is 13.5. The van der Waals surface area contributed by atoms with Crippen LogP contribution in [0, 0.1) is 17.0 Å². The smallest absolute Gasteiger partial charge is 0.334 e. The summed E-state index contributed by atoms with van der Waals surface area (Å²) in [6, 6.07) is 12.2. The molecule has 0 saturated carbocycles. The lowest BCUT2D eigenvalue weighted by Crippen LogP contribution is -2.05. The van der Waals surface area contributed by atoms with Gasteiger partial charge in [-0.05, 0) is 42.8 Å². The lowest BCUT2D eigenvalue weighted by Gasteiger charge is -2.11. The Morgan fingerprint density at radius 3 is 2.15 bits per heavy atom. The van der Waals surface area contributed by atoms with Gasteiger partial charge >= 0.3 is 5.69 Å². The predicted octanol–water partition coefficient (Wildman–Crippen LogP) is 5.49. The summed E-state index contributed by atoms with van der Waals surface area (Å²) in [7, 11) is 0. The quantitative estimate of drug-likeness (QED) is 0.442. The SMILES string of the molecule is Cc1cccc(Nc2ncnc(Nc3cc(Cl)cc(Cl)c3)c2[N+](=O)[O-])c1. The molecule has 3 aromatic rings. The molecule has 3 rings (SSSR count). The summed E-state index contributed by atoms with van der Waals surface area (Å²) in [5, 5.41) is 18.2. The Morgan fingerprint density at radius 2 is 1.58 bits per heavy atom. The van der Waals surface area contributed by atoms with E-state index in [-0.39, 0.29) is 17.3 Å². The number of rotatable bonds is 5. The van der Waals surface area contributed by atoms with Crippen molar-refractivity contribution in [3.05, 3.63) is 74.5 Å². The molecule has 0 aliphatic rings. The van der Waals surface area contributed by atoms with E-state index in [0.29, 0.717) is 21.4 Å². The number of halogens is 2. The highest BCUT2D eigenvalue weighted by Crippen LogP contribution is 2.34. The van der Waals surface area contributed by atoms with Crippen LogP contribution in [0.15, 0.2) is 48.8 Å². The van der Waals surface area contributed by atoms with Crippen LogP contribution in [0.2, 0.25) is 10.0 Å². The van der Waals surface area contributed by atoms with E-state index in [0.717, 1.165) is 5.56 Å². The molecule has 0 saturated heterocycles. The summed E-state index contributed by atoms with van der Waals surface area (Å²) >= 11 is 11.9. The van der Waals surface area contributed by atoms with Gasteiger partial charge in [-0.15, -0.1) is 0 Å². The highest BCUT2D eigenvalue weighted by Gasteiger charge is 2.23. The molecule has 2 N–H and O–H groups in total. The minimum Gasteiger partial charge on any atom is -0.334 e. The van der Waals surface area contributed by atoms with Gasteiger partial charge in [-0.3, -0.25) is 10.1 Å². The van der Waals surface area contributed by atoms with Crippen LogP contribution in [0.4, 0.5) is 28.7 Å². The summed E-state index contributed by atoms with van der Waals surface area (Å²) in [6.07, 6.45) is 1.24. The van der Waals surface area contributed by atoms with Gasteiger partial charge in [0.25, 0.3) is 0 Å². The van der Waals surface area contributed by atoms with Crippen molar-refractivity contribution in [1.82, 2.24) is 9.97 Å². The molecule has 0 unspecified atom stereocenters. The van der Waals surface area contributed by atoms with E-state index in [1.165, 1.54) is 6.33 Å². The van der Waals surface area contributed by atoms with Crippen molar-refractivity contribution in [1.29, 1.82) is 0 Å². The van der Waals surface area contributed by atoms with Crippen LogP contribution in [0.3, 0.4) is 0 Å². The molecule has 7 nitrogen and oxygen atoms in total. The molecule has 0 aliphatic carbocycles. The molecule has 0 amide bonds. The van der Waals surface area contributed by atoms with Crippen LogP contribution >= 0.6 is 23.2 Å². The average Bonchev–Trinajstić information content (AvgIpc) is 2.53. The summed E-state index contributed by atoms with van der Waals surface area (Å²) in [5.74, 6) is 0.102. The first-order chi connectivity index (χ1) is 12.4. The van der Waals surface area contributed by atoms with E-state index in [9.17, 15) is 10.1 Å². The summed E-state index contributed by atoms with van der Waals surface area (Å²) in [5.41, 5.74) is 1.89. The van der Waals surface area contributed by atoms with E-state index in [1.807, 2.05) is 25.1 Å². The monoisotopic (exact) mass is 389 g/mol. The zero-order valence-corrected chi connectivity index (χ0v) is 15.0. The van der Waals surface area contributed by atoms with Crippen molar-refractivity contribution in [3.63, 3.8) is 0 Å². The normalized spacial score (nSPS) is 10.4. The van der Waals surface area contributed by atoms with Crippen molar-refractivity contribution in [2.45, 2.75) is 6.92 Å². The number of hydrogen-bond acceptors (Lipinski definition) is 6. The van der Waals surface area contributed by atoms with Gasteiger partial charge in [0, 0.05) is 21.4 Å². The molecule has 0 atom stereocenters. The zero-order chi connectivity index (χ0) is 18.7. The second-order valence-electron chi connectivity index (χ2n) is 5.45. The van der Waals surface area contributed by atoms with Gasteiger partial charge in [-0.25, -0.2) is 9.97 Å². The van der Waals surface area contributed by atoms with Gasteiger partial charge < -0.3 is 10.6 Å². The molecule has 1 aromatic heterocycles. The van der Waals surface area contributed by atoms with Crippen molar-refractivity contribution in [3.8, 4) is 0 Å². The molecule has 2 aromatic carbocycles. The maximum atomic E-state index is 11.6. The van der Waals surface area contributed by atoms with Gasteiger partial charge in [-0.2, -0.15) is 0 Å².